The van der Waals surface area contributed by atoms with Crippen molar-refractivity contribution >= 4 is 40.3 Å². The van der Waals surface area contributed by atoms with Gasteiger partial charge in [-0.1, -0.05) is 23.7 Å². The first kappa shape index (κ1) is 18.7. The molecule has 1 atom stereocenters. The molecule has 2 aromatic carbocycles. The minimum Gasteiger partial charge on any atom is -0.485 e. The number of fused-ring (bicyclic) bond motifs is 1. The fraction of sp³-hybridized carbons (Fsp3) is 0.316. The number of ether oxygens (including phenoxy) is 1. The zero-order chi connectivity index (χ0) is 18.7. The van der Waals surface area contributed by atoms with Crippen molar-refractivity contribution < 1.29 is 9.13 Å². The summed E-state index contributed by atoms with van der Waals surface area (Å²) in [5, 5.41) is 3.67. The highest BCUT2D eigenvalue weighted by atomic mass is 35.5. The Morgan fingerprint density at radius 1 is 1.38 bits per heavy atom. The number of rotatable bonds is 4. The molecule has 26 heavy (non-hydrogen) atoms. The number of para-hydroxylation sites is 2. The highest BCUT2D eigenvalue weighted by molar-refractivity contribution is 7.80. The number of nitrogens with zero attached hydrogens (tertiary/aromatic N) is 2. The van der Waals surface area contributed by atoms with Crippen molar-refractivity contribution in [3.63, 3.8) is 0 Å². The summed E-state index contributed by atoms with van der Waals surface area (Å²) < 4.78 is 19.4. The van der Waals surface area contributed by atoms with Crippen LogP contribution in [0.3, 0.4) is 0 Å². The highest BCUT2D eigenvalue weighted by Crippen LogP contribution is 2.32. The largest absolute Gasteiger partial charge is 0.485 e. The molecule has 7 heteroatoms. The Kier molecular flexibility index (Phi) is 5.84. The first-order chi connectivity index (χ1) is 12.5. The monoisotopic (exact) mass is 393 g/mol. The molecule has 0 saturated carbocycles. The smallest absolute Gasteiger partial charge is 0.173 e. The molecule has 0 fully saturated rings. The molecule has 0 bridgehead atoms. The maximum absolute atomic E-state index is 13.3. The van der Waals surface area contributed by atoms with Crippen molar-refractivity contribution in [3.8, 4) is 5.75 Å². The number of benzene rings is 2. The quantitative estimate of drug-likeness (QED) is 0.777. The van der Waals surface area contributed by atoms with Crippen molar-refractivity contribution in [2.24, 2.45) is 0 Å². The van der Waals surface area contributed by atoms with Crippen molar-refractivity contribution in [1.82, 2.24) is 4.90 Å². The summed E-state index contributed by atoms with van der Waals surface area (Å²) in [7, 11) is 1.90. The van der Waals surface area contributed by atoms with Gasteiger partial charge in [-0.2, -0.15) is 0 Å². The minimum atomic E-state index is -0.453. The third-order valence-corrected chi connectivity index (χ3v) is 5.00. The molecule has 1 N–H and O–H groups in total. The van der Waals surface area contributed by atoms with Crippen LogP contribution in [-0.2, 0) is 0 Å². The van der Waals surface area contributed by atoms with Crippen LogP contribution < -0.4 is 15.0 Å². The fourth-order valence-electron chi connectivity index (χ4n) is 2.95. The third-order valence-electron chi connectivity index (χ3n) is 4.30. The number of anilines is 2. The van der Waals surface area contributed by atoms with E-state index >= 15 is 0 Å². The van der Waals surface area contributed by atoms with E-state index in [0.717, 1.165) is 24.5 Å². The maximum atomic E-state index is 13.3. The maximum Gasteiger partial charge on any atom is 0.173 e. The van der Waals surface area contributed by atoms with Crippen LogP contribution in [0.4, 0.5) is 15.8 Å². The van der Waals surface area contributed by atoms with E-state index in [-0.39, 0.29) is 11.1 Å². The number of halogens is 2. The van der Waals surface area contributed by atoms with E-state index in [9.17, 15) is 4.39 Å². The summed E-state index contributed by atoms with van der Waals surface area (Å²) in [4.78, 5) is 4.21. The van der Waals surface area contributed by atoms with Crippen LogP contribution in [0, 0.1) is 5.82 Å². The molecule has 0 amide bonds. The van der Waals surface area contributed by atoms with E-state index in [0.29, 0.717) is 17.3 Å². The van der Waals surface area contributed by atoms with Crippen LogP contribution in [0.1, 0.15) is 6.92 Å². The van der Waals surface area contributed by atoms with Crippen LogP contribution >= 0.6 is 23.8 Å². The summed E-state index contributed by atoms with van der Waals surface area (Å²) in [5.74, 6) is 0.439. The van der Waals surface area contributed by atoms with Gasteiger partial charge in [0.05, 0.1) is 23.8 Å². The van der Waals surface area contributed by atoms with Crippen molar-refractivity contribution in [2.45, 2.75) is 13.0 Å². The van der Waals surface area contributed by atoms with E-state index in [4.69, 9.17) is 28.6 Å². The number of hydrogen-bond acceptors (Lipinski definition) is 3. The molecule has 0 aromatic heterocycles. The van der Waals surface area contributed by atoms with Crippen LogP contribution in [0.15, 0.2) is 42.5 Å². The van der Waals surface area contributed by atoms with Crippen LogP contribution in [0.5, 0.6) is 5.75 Å². The van der Waals surface area contributed by atoms with Gasteiger partial charge in [0.1, 0.15) is 17.7 Å². The van der Waals surface area contributed by atoms with Gasteiger partial charge in [-0.25, -0.2) is 4.39 Å². The van der Waals surface area contributed by atoms with Crippen LogP contribution in [0.25, 0.3) is 0 Å². The van der Waals surface area contributed by atoms with Gasteiger partial charge in [0.25, 0.3) is 0 Å². The molecule has 138 valence electrons. The highest BCUT2D eigenvalue weighted by Gasteiger charge is 2.26. The Balaban J connectivity index is 1.63. The van der Waals surface area contributed by atoms with Crippen LogP contribution in [0.2, 0.25) is 5.02 Å². The summed E-state index contributed by atoms with van der Waals surface area (Å²) in [6.45, 7) is 4.47. The lowest BCUT2D eigenvalue weighted by Gasteiger charge is -2.37. The summed E-state index contributed by atoms with van der Waals surface area (Å²) in [6.07, 6.45) is -0.00796. The molecule has 4 nitrogen and oxygen atoms in total. The Labute approximate surface area is 163 Å². The molecular weight excluding hydrogens is 373 g/mol. The second-order valence-electron chi connectivity index (χ2n) is 6.19. The van der Waals surface area contributed by atoms with Gasteiger partial charge < -0.3 is 19.9 Å². The van der Waals surface area contributed by atoms with Gasteiger partial charge in [-0.15, -0.1) is 0 Å². The molecule has 0 radical (unpaired) electrons. The predicted molar refractivity (Wildman–Crippen MR) is 109 cm³/mol. The standard InChI is InChI=1S/C19H21ClFN3OS/c1-3-24-12-14(25-18-7-5-4-6-17(18)24)11-23(2)19(26)22-13-8-9-16(21)15(20)10-13/h4-10,14H,3,11-12H2,1-2H3,(H,22,26)/t14-/m1/s1. The zero-order valence-corrected chi connectivity index (χ0v) is 16.3. The molecule has 0 saturated heterocycles. The average molecular weight is 394 g/mol. The summed E-state index contributed by atoms with van der Waals surface area (Å²) >= 11 is 11.3. The number of hydrogen-bond donors (Lipinski definition) is 1. The molecule has 0 aliphatic carbocycles. The lowest BCUT2D eigenvalue weighted by molar-refractivity contribution is 0.169. The summed E-state index contributed by atoms with van der Waals surface area (Å²) in [5.41, 5.74) is 1.77. The minimum absolute atomic E-state index is 0.00796. The lowest BCUT2D eigenvalue weighted by Crippen LogP contribution is -2.47. The van der Waals surface area contributed by atoms with E-state index in [1.165, 1.54) is 12.1 Å². The van der Waals surface area contributed by atoms with Gasteiger partial charge in [0.15, 0.2) is 5.11 Å². The van der Waals surface area contributed by atoms with Gasteiger partial charge >= 0.3 is 0 Å². The molecule has 1 aliphatic heterocycles. The first-order valence-electron chi connectivity index (χ1n) is 8.45. The molecule has 1 aliphatic rings. The molecule has 3 rings (SSSR count). The SMILES string of the molecule is CCN1C[C@@H](CN(C)C(=S)Nc2ccc(F)c(Cl)c2)Oc2ccccc21. The van der Waals surface area contributed by atoms with Gasteiger partial charge in [0, 0.05) is 19.3 Å². The molecular formula is C19H21ClFN3OS. The first-order valence-corrected chi connectivity index (χ1v) is 9.24. The Bertz CT molecular complexity index is 804. The summed E-state index contributed by atoms with van der Waals surface area (Å²) in [6, 6.07) is 12.5. The average Bonchev–Trinajstić information content (AvgIpc) is 2.64. The van der Waals surface area contributed by atoms with Gasteiger partial charge in [-0.05, 0) is 49.5 Å². The lowest BCUT2D eigenvalue weighted by atomic mass is 10.2. The molecule has 0 spiro atoms. The van der Waals surface area contributed by atoms with Gasteiger partial charge in [-0.3, -0.25) is 0 Å². The van der Waals surface area contributed by atoms with Crippen molar-refractivity contribution in [2.75, 3.05) is 36.9 Å². The number of thiocarbonyl (C=S) groups is 1. The topological polar surface area (TPSA) is 27.7 Å². The Morgan fingerprint density at radius 2 is 2.15 bits per heavy atom. The molecule has 2 aromatic rings. The predicted octanol–water partition coefficient (Wildman–Crippen LogP) is 4.40. The Morgan fingerprint density at radius 3 is 2.88 bits per heavy atom. The van der Waals surface area contributed by atoms with E-state index in [2.05, 4.69) is 23.2 Å². The number of likely N-dealkylation sites (N-methyl/N-ethyl adjacent to an activating group) is 2. The third kappa shape index (κ3) is 4.19. The van der Waals surface area contributed by atoms with Crippen molar-refractivity contribution in [1.29, 1.82) is 0 Å². The fourth-order valence-corrected chi connectivity index (χ4v) is 3.33. The normalized spacial score (nSPS) is 15.8. The Hall–Kier alpha value is -2.05. The van der Waals surface area contributed by atoms with E-state index < -0.39 is 5.82 Å². The van der Waals surface area contributed by atoms with Crippen LogP contribution in [-0.4, -0.2) is 42.8 Å². The number of nitrogens with one attached hydrogen (secondary N) is 1. The zero-order valence-electron chi connectivity index (χ0n) is 14.7. The molecule has 1 heterocycles. The van der Waals surface area contributed by atoms with E-state index in [1.807, 2.05) is 30.1 Å². The second-order valence-corrected chi connectivity index (χ2v) is 6.98. The van der Waals surface area contributed by atoms with E-state index in [1.54, 1.807) is 6.07 Å². The molecule has 0 unspecified atom stereocenters. The van der Waals surface area contributed by atoms with Crippen molar-refractivity contribution in [3.05, 3.63) is 53.3 Å². The second kappa shape index (κ2) is 8.10. The van der Waals surface area contributed by atoms with Gasteiger partial charge in [0.2, 0.25) is 0 Å².